The van der Waals surface area contributed by atoms with E-state index in [4.69, 9.17) is 0 Å². The molecule has 1 aromatic rings. The Bertz CT molecular complexity index is 793. The van der Waals surface area contributed by atoms with Crippen LogP contribution in [0.15, 0.2) is 30.3 Å². The molecule has 0 unspecified atom stereocenters. The lowest BCUT2D eigenvalue weighted by Crippen LogP contribution is -2.50. The van der Waals surface area contributed by atoms with Gasteiger partial charge in [-0.2, -0.15) is 5.26 Å². The van der Waals surface area contributed by atoms with Crippen molar-refractivity contribution < 1.29 is 19.2 Å². The lowest BCUT2D eigenvalue weighted by molar-refractivity contribution is -0.144. The van der Waals surface area contributed by atoms with Gasteiger partial charge in [0.1, 0.15) is 12.1 Å². The van der Waals surface area contributed by atoms with Crippen LogP contribution >= 0.6 is 0 Å². The van der Waals surface area contributed by atoms with E-state index in [0.29, 0.717) is 23.3 Å². The third-order valence-corrected chi connectivity index (χ3v) is 4.67. The van der Waals surface area contributed by atoms with E-state index in [1.165, 1.54) is 0 Å². The number of carbonyl (C=O) groups is 4. The normalized spacial score (nSPS) is 19.0. The summed E-state index contributed by atoms with van der Waals surface area (Å²) in [5.74, 6) is -2.61. The summed E-state index contributed by atoms with van der Waals surface area (Å²) in [6, 6.07) is 10.1. The molecule has 26 heavy (non-hydrogen) atoms. The quantitative estimate of drug-likeness (QED) is 0.625. The first-order valence-corrected chi connectivity index (χ1v) is 8.39. The molecule has 1 aromatic carbocycles. The van der Waals surface area contributed by atoms with Crippen molar-refractivity contribution >= 4 is 23.8 Å². The van der Waals surface area contributed by atoms with Crippen molar-refractivity contribution in [2.24, 2.45) is 0 Å². The molecule has 0 spiro atoms. The highest BCUT2D eigenvalue weighted by Crippen LogP contribution is 2.28. The fraction of sp³-hybridized carbons (Fsp3) is 0.389. The van der Waals surface area contributed by atoms with Crippen LogP contribution in [0.4, 0.5) is 4.79 Å². The minimum absolute atomic E-state index is 0.0372. The van der Waals surface area contributed by atoms with Gasteiger partial charge >= 0.3 is 17.8 Å². The highest BCUT2D eigenvalue weighted by atomic mass is 16.2. The first kappa shape index (κ1) is 17.6. The maximum atomic E-state index is 12.4. The van der Waals surface area contributed by atoms with Gasteiger partial charge in [0.05, 0.1) is 12.6 Å². The van der Waals surface area contributed by atoms with Gasteiger partial charge in [-0.15, -0.1) is 0 Å². The standard InChI is InChI=1S/C18H18N4O4/c19-12-18(8-4-5-9-18)20-14(23)11-22-16(25)15(24)21(17(22)26)10-13-6-2-1-3-7-13/h1-3,6-7H,4-5,8-11H2,(H,20,23). The van der Waals surface area contributed by atoms with Crippen LogP contribution in [0.1, 0.15) is 31.2 Å². The molecule has 2 aliphatic rings. The Labute approximate surface area is 150 Å². The van der Waals surface area contributed by atoms with E-state index in [1.807, 2.05) is 0 Å². The zero-order valence-electron chi connectivity index (χ0n) is 14.1. The molecule has 0 bridgehead atoms. The zero-order chi connectivity index (χ0) is 18.7. The summed E-state index contributed by atoms with van der Waals surface area (Å²) in [6.45, 7) is -0.609. The van der Waals surface area contributed by atoms with Gasteiger partial charge in [-0.25, -0.2) is 9.69 Å². The molecule has 134 valence electrons. The third kappa shape index (κ3) is 3.28. The molecule has 1 N–H and O–H groups in total. The van der Waals surface area contributed by atoms with Crippen LogP contribution in [0.2, 0.25) is 0 Å². The Balaban J connectivity index is 1.67. The lowest BCUT2D eigenvalue weighted by atomic mass is 10.00. The lowest BCUT2D eigenvalue weighted by Gasteiger charge is -2.23. The van der Waals surface area contributed by atoms with Gasteiger partial charge in [0.2, 0.25) is 5.91 Å². The molecule has 3 rings (SSSR count). The Morgan fingerprint density at radius 3 is 2.31 bits per heavy atom. The first-order valence-electron chi connectivity index (χ1n) is 8.39. The molecule has 0 atom stereocenters. The average Bonchev–Trinajstić information content (AvgIpc) is 3.18. The predicted octanol–water partition coefficient (Wildman–Crippen LogP) is 0.930. The highest BCUT2D eigenvalue weighted by molar-refractivity contribution is 6.44. The van der Waals surface area contributed by atoms with E-state index in [1.54, 1.807) is 30.3 Å². The number of nitrogens with zero attached hydrogens (tertiary/aromatic N) is 3. The van der Waals surface area contributed by atoms with Crippen LogP contribution in [0.3, 0.4) is 0 Å². The summed E-state index contributed by atoms with van der Waals surface area (Å²) in [6.07, 6.45) is 2.74. The fourth-order valence-electron chi connectivity index (χ4n) is 3.29. The van der Waals surface area contributed by atoms with Crippen LogP contribution in [0.25, 0.3) is 0 Å². The van der Waals surface area contributed by atoms with Crippen molar-refractivity contribution in [3.05, 3.63) is 35.9 Å². The summed E-state index contributed by atoms with van der Waals surface area (Å²) in [4.78, 5) is 50.3. The van der Waals surface area contributed by atoms with Crippen molar-refractivity contribution in [1.29, 1.82) is 5.26 Å². The second-order valence-corrected chi connectivity index (χ2v) is 6.50. The molecule has 1 heterocycles. The summed E-state index contributed by atoms with van der Waals surface area (Å²) < 4.78 is 0. The number of amides is 5. The number of carbonyl (C=O) groups excluding carboxylic acids is 4. The van der Waals surface area contributed by atoms with Crippen molar-refractivity contribution in [2.45, 2.75) is 37.8 Å². The van der Waals surface area contributed by atoms with Crippen LogP contribution in [-0.4, -0.2) is 45.6 Å². The van der Waals surface area contributed by atoms with Gasteiger partial charge < -0.3 is 5.32 Å². The molecule has 0 radical (unpaired) electrons. The first-order chi connectivity index (χ1) is 12.5. The summed E-state index contributed by atoms with van der Waals surface area (Å²) in [5.41, 5.74) is -0.251. The summed E-state index contributed by atoms with van der Waals surface area (Å²) >= 11 is 0. The summed E-state index contributed by atoms with van der Waals surface area (Å²) in [5, 5.41) is 11.9. The van der Waals surface area contributed by atoms with E-state index in [2.05, 4.69) is 11.4 Å². The van der Waals surface area contributed by atoms with Gasteiger partial charge in [0, 0.05) is 0 Å². The number of nitrogens with one attached hydrogen (secondary N) is 1. The Morgan fingerprint density at radius 1 is 1.08 bits per heavy atom. The molecule has 5 amide bonds. The molecule has 8 nitrogen and oxygen atoms in total. The molecule has 2 fully saturated rings. The summed E-state index contributed by atoms with van der Waals surface area (Å²) in [7, 11) is 0. The van der Waals surface area contributed by atoms with Crippen molar-refractivity contribution in [1.82, 2.24) is 15.1 Å². The number of hydrogen-bond donors (Lipinski definition) is 1. The van der Waals surface area contributed by atoms with E-state index in [9.17, 15) is 24.4 Å². The number of imide groups is 2. The molecular weight excluding hydrogens is 336 g/mol. The number of hydrogen-bond acceptors (Lipinski definition) is 5. The number of urea groups is 1. The van der Waals surface area contributed by atoms with E-state index in [0.717, 1.165) is 17.7 Å². The van der Waals surface area contributed by atoms with Crippen LogP contribution in [-0.2, 0) is 20.9 Å². The van der Waals surface area contributed by atoms with Gasteiger partial charge in [0.15, 0.2) is 0 Å². The van der Waals surface area contributed by atoms with Crippen LogP contribution in [0.5, 0.6) is 0 Å². The molecule has 1 aliphatic heterocycles. The molecule has 0 aromatic heterocycles. The minimum atomic E-state index is -1.03. The van der Waals surface area contributed by atoms with Gasteiger partial charge in [-0.05, 0) is 31.2 Å². The van der Waals surface area contributed by atoms with Gasteiger partial charge in [-0.1, -0.05) is 30.3 Å². The van der Waals surface area contributed by atoms with E-state index in [-0.39, 0.29) is 6.54 Å². The van der Waals surface area contributed by atoms with Gasteiger partial charge in [-0.3, -0.25) is 19.3 Å². The SMILES string of the molecule is N#CC1(NC(=O)CN2C(=O)C(=O)N(Cc3ccccc3)C2=O)CCCC1. The van der Waals surface area contributed by atoms with Crippen molar-refractivity contribution in [3.8, 4) is 6.07 Å². The number of rotatable bonds is 5. The van der Waals surface area contributed by atoms with Crippen molar-refractivity contribution in [3.63, 3.8) is 0 Å². The van der Waals surface area contributed by atoms with E-state index < -0.39 is 35.8 Å². The maximum Gasteiger partial charge on any atom is 0.335 e. The number of benzene rings is 1. The Hall–Kier alpha value is -3.21. The second kappa shape index (κ2) is 6.96. The fourth-order valence-corrected chi connectivity index (χ4v) is 3.29. The van der Waals surface area contributed by atoms with E-state index >= 15 is 0 Å². The van der Waals surface area contributed by atoms with Crippen molar-refractivity contribution in [2.75, 3.05) is 6.54 Å². The molecule has 8 heteroatoms. The molecule has 1 saturated carbocycles. The predicted molar refractivity (Wildman–Crippen MR) is 89.1 cm³/mol. The molecular formula is C18H18N4O4. The molecule has 1 saturated heterocycles. The van der Waals surface area contributed by atoms with Gasteiger partial charge in [0.25, 0.3) is 0 Å². The monoisotopic (exact) mass is 354 g/mol. The average molecular weight is 354 g/mol. The third-order valence-electron chi connectivity index (χ3n) is 4.67. The highest BCUT2D eigenvalue weighted by Gasteiger charge is 2.46. The zero-order valence-corrected chi connectivity index (χ0v) is 14.1. The maximum absolute atomic E-state index is 12.4. The molecule has 1 aliphatic carbocycles. The van der Waals surface area contributed by atoms with Crippen LogP contribution in [0, 0.1) is 11.3 Å². The largest absolute Gasteiger partial charge is 0.336 e. The number of nitriles is 1. The topological polar surface area (TPSA) is 111 Å². The Morgan fingerprint density at radius 2 is 1.69 bits per heavy atom. The minimum Gasteiger partial charge on any atom is -0.336 e. The van der Waals surface area contributed by atoms with Crippen LogP contribution < -0.4 is 5.32 Å². The second-order valence-electron chi connectivity index (χ2n) is 6.50. The Kier molecular flexibility index (Phi) is 4.71. The smallest absolute Gasteiger partial charge is 0.335 e.